The van der Waals surface area contributed by atoms with Crippen LogP contribution in [0.1, 0.15) is 24.0 Å². The molecule has 1 aromatic rings. The summed E-state index contributed by atoms with van der Waals surface area (Å²) in [6.07, 6.45) is -0.101. The Balaban J connectivity index is 0.00000441. The van der Waals surface area contributed by atoms with Crippen LogP contribution in [0.5, 0.6) is 0 Å². The minimum Gasteiger partial charge on any atom is -0.748 e. The summed E-state index contributed by atoms with van der Waals surface area (Å²) in [5.74, 6) is -1.03. The molecule has 0 amide bonds. The first-order valence-electron chi connectivity index (χ1n) is 5.81. The van der Waals surface area contributed by atoms with Gasteiger partial charge in [0.2, 0.25) is 0 Å². The van der Waals surface area contributed by atoms with Crippen molar-refractivity contribution in [1.29, 1.82) is 10.5 Å². The zero-order valence-electron chi connectivity index (χ0n) is 11.8. The summed E-state index contributed by atoms with van der Waals surface area (Å²) >= 11 is 0. The zero-order valence-corrected chi connectivity index (χ0v) is 13.4. The molecule has 0 aliphatic heterocycles. The van der Waals surface area contributed by atoms with Gasteiger partial charge in [-0.2, -0.15) is 10.5 Å². The number of benzene rings is 1. The Morgan fingerprint density at radius 3 is 2.09 bits per heavy atom. The van der Waals surface area contributed by atoms with E-state index >= 15 is 0 Å². The Labute approximate surface area is 141 Å². The van der Waals surface area contributed by atoms with Crippen LogP contribution in [-0.2, 0) is 20.0 Å². The molecule has 0 saturated carbocycles. The number of hydrogen-bond acceptors (Lipinski definition) is 7. The third-order valence-electron chi connectivity index (χ3n) is 2.65. The molecule has 0 aliphatic carbocycles. The molecular weight excluding hydrogens is 323 g/mol. The van der Waals surface area contributed by atoms with E-state index in [2.05, 4.69) is 0 Å². The SMILES string of the molecule is N#Cc1cccc(S(=O)(=O)CCCCS(=O)(=O)[O-])c1C#N.[Li+]. The van der Waals surface area contributed by atoms with Gasteiger partial charge in [-0.15, -0.1) is 0 Å². The van der Waals surface area contributed by atoms with Gasteiger partial charge in [-0.3, -0.25) is 0 Å². The van der Waals surface area contributed by atoms with E-state index in [1.807, 2.05) is 0 Å². The van der Waals surface area contributed by atoms with E-state index in [0.29, 0.717) is 0 Å². The Hall–Kier alpha value is -1.34. The van der Waals surface area contributed by atoms with E-state index < -0.39 is 31.5 Å². The van der Waals surface area contributed by atoms with E-state index in [0.717, 1.165) is 0 Å². The molecule has 112 valence electrons. The molecule has 0 unspecified atom stereocenters. The average molecular weight is 334 g/mol. The van der Waals surface area contributed by atoms with E-state index in [9.17, 15) is 21.4 Å². The largest absolute Gasteiger partial charge is 1.00 e. The number of sulfone groups is 1. The molecular formula is C12H11LiN2O5S2. The summed E-state index contributed by atoms with van der Waals surface area (Å²) in [5, 5.41) is 17.8. The summed E-state index contributed by atoms with van der Waals surface area (Å²) in [4.78, 5) is -0.256. The van der Waals surface area contributed by atoms with Gasteiger partial charge in [-0.05, 0) is 25.0 Å². The molecule has 7 nitrogen and oxygen atoms in total. The summed E-state index contributed by atoms with van der Waals surface area (Å²) in [6.45, 7) is 0. The van der Waals surface area contributed by atoms with E-state index in [4.69, 9.17) is 10.5 Å². The Morgan fingerprint density at radius 2 is 1.59 bits per heavy atom. The van der Waals surface area contributed by atoms with Gasteiger partial charge in [0.05, 0.1) is 31.9 Å². The Bertz CT molecular complexity index is 820. The van der Waals surface area contributed by atoms with Gasteiger partial charge in [-0.1, -0.05) is 6.07 Å². The fourth-order valence-corrected chi connectivity index (χ4v) is 3.79. The molecule has 0 atom stereocenters. The van der Waals surface area contributed by atoms with Crippen LogP contribution in [0, 0.1) is 22.7 Å². The van der Waals surface area contributed by atoms with E-state index in [1.165, 1.54) is 18.2 Å². The number of hydrogen-bond donors (Lipinski definition) is 0. The smallest absolute Gasteiger partial charge is 0.748 e. The van der Waals surface area contributed by atoms with Crippen LogP contribution in [0.25, 0.3) is 0 Å². The van der Waals surface area contributed by atoms with Crippen molar-refractivity contribution in [1.82, 2.24) is 0 Å². The van der Waals surface area contributed by atoms with Gasteiger partial charge in [0.1, 0.15) is 12.1 Å². The molecule has 10 heteroatoms. The normalized spacial score (nSPS) is 11.0. The predicted molar refractivity (Wildman–Crippen MR) is 71.7 cm³/mol. The van der Waals surface area contributed by atoms with Crippen LogP contribution in [0.15, 0.2) is 23.1 Å². The molecule has 0 N–H and O–H groups in total. The third-order valence-corrected chi connectivity index (χ3v) is 5.28. The molecule has 0 aliphatic rings. The fourth-order valence-electron chi connectivity index (χ4n) is 1.68. The van der Waals surface area contributed by atoms with Crippen LogP contribution >= 0.6 is 0 Å². The van der Waals surface area contributed by atoms with Gasteiger partial charge in [0, 0.05) is 5.75 Å². The summed E-state index contributed by atoms with van der Waals surface area (Å²) < 4.78 is 55.5. The van der Waals surface area contributed by atoms with E-state index in [-0.39, 0.29) is 47.7 Å². The molecule has 1 rings (SSSR count). The van der Waals surface area contributed by atoms with Crippen LogP contribution in [-0.4, -0.2) is 32.9 Å². The fraction of sp³-hybridized carbons (Fsp3) is 0.333. The monoisotopic (exact) mass is 334 g/mol. The maximum atomic E-state index is 12.1. The minimum absolute atomic E-state index is 0. The maximum absolute atomic E-state index is 12.1. The molecule has 0 bridgehead atoms. The number of nitriles is 2. The predicted octanol–water partition coefficient (Wildman–Crippen LogP) is -2.47. The number of unbranched alkanes of at least 4 members (excludes halogenated alkanes) is 1. The van der Waals surface area contributed by atoms with Gasteiger partial charge in [-0.25, -0.2) is 16.8 Å². The number of nitrogens with zero attached hydrogens (tertiary/aromatic N) is 2. The molecule has 0 spiro atoms. The first kappa shape index (κ1) is 20.7. The molecule has 0 radical (unpaired) electrons. The van der Waals surface area contributed by atoms with Crippen LogP contribution in [0.3, 0.4) is 0 Å². The van der Waals surface area contributed by atoms with Gasteiger partial charge in [0.25, 0.3) is 0 Å². The van der Waals surface area contributed by atoms with Crippen LogP contribution in [0.4, 0.5) is 0 Å². The van der Waals surface area contributed by atoms with Crippen molar-refractivity contribution < 1.29 is 40.2 Å². The third kappa shape index (κ3) is 5.80. The quantitative estimate of drug-likeness (QED) is 0.319. The average Bonchev–Trinajstić information content (AvgIpc) is 2.41. The molecule has 0 aromatic heterocycles. The van der Waals surface area contributed by atoms with Crippen LogP contribution in [0.2, 0.25) is 0 Å². The second kappa shape index (κ2) is 8.33. The zero-order chi connectivity index (χ0) is 16.1. The van der Waals surface area contributed by atoms with Crippen molar-refractivity contribution in [3.05, 3.63) is 29.3 Å². The van der Waals surface area contributed by atoms with E-state index in [1.54, 1.807) is 12.1 Å². The van der Waals surface area contributed by atoms with Gasteiger partial charge < -0.3 is 4.55 Å². The maximum Gasteiger partial charge on any atom is 1.00 e. The Morgan fingerprint density at radius 1 is 1.00 bits per heavy atom. The van der Waals surface area contributed by atoms with Crippen molar-refractivity contribution in [2.24, 2.45) is 0 Å². The van der Waals surface area contributed by atoms with Crippen molar-refractivity contribution in [3.63, 3.8) is 0 Å². The van der Waals surface area contributed by atoms with Crippen molar-refractivity contribution >= 4 is 20.0 Å². The molecule has 0 heterocycles. The summed E-state index contributed by atoms with van der Waals surface area (Å²) in [5.41, 5.74) is -0.267. The van der Waals surface area contributed by atoms with Gasteiger partial charge >= 0.3 is 18.9 Å². The first-order chi connectivity index (χ1) is 9.71. The first-order valence-corrected chi connectivity index (χ1v) is 9.04. The molecule has 0 fully saturated rings. The topological polar surface area (TPSA) is 139 Å². The second-order valence-corrected chi connectivity index (χ2v) is 7.79. The van der Waals surface area contributed by atoms with Crippen molar-refractivity contribution in [2.75, 3.05) is 11.5 Å². The summed E-state index contributed by atoms with van der Waals surface area (Å²) in [6, 6.07) is 7.34. The second-order valence-electron chi connectivity index (χ2n) is 4.19. The molecule has 1 aromatic carbocycles. The van der Waals surface area contributed by atoms with Crippen LogP contribution < -0.4 is 18.9 Å². The summed E-state index contributed by atoms with van der Waals surface area (Å²) in [7, 11) is -8.19. The molecule has 0 saturated heterocycles. The standard InChI is InChI=1S/C12H12N2O5S2.Li/c13-8-10-4-3-5-12(11(10)9-14)20(15,16)6-1-2-7-21(17,18)19;/h3-5H,1-2,6-7H2,(H,17,18,19);/q;+1/p-1. The minimum atomic E-state index is -4.37. The van der Waals surface area contributed by atoms with Crippen molar-refractivity contribution in [2.45, 2.75) is 17.7 Å². The Kier molecular flexibility index (Phi) is 7.82. The van der Waals surface area contributed by atoms with Crippen molar-refractivity contribution in [3.8, 4) is 12.1 Å². The number of rotatable bonds is 6. The molecule has 22 heavy (non-hydrogen) atoms. The van der Waals surface area contributed by atoms with Gasteiger partial charge in [0.15, 0.2) is 9.84 Å².